The molecule has 0 atom stereocenters. The Morgan fingerprint density at radius 3 is 2.07 bits per heavy atom. The summed E-state index contributed by atoms with van der Waals surface area (Å²) in [6.07, 6.45) is 3.28. The van der Waals surface area contributed by atoms with Gasteiger partial charge in [-0.3, -0.25) is 15.1 Å². The maximum atomic E-state index is 10.9. The van der Waals surface area contributed by atoms with Gasteiger partial charge in [-0.2, -0.15) is 5.10 Å². The van der Waals surface area contributed by atoms with Gasteiger partial charge < -0.3 is 20.9 Å². The van der Waals surface area contributed by atoms with Crippen LogP contribution in [-0.4, -0.2) is 30.2 Å². The quantitative estimate of drug-likeness (QED) is 0.335. The highest BCUT2D eigenvalue weighted by Crippen LogP contribution is 2.31. The first-order valence-electron chi connectivity index (χ1n) is 8.81. The van der Waals surface area contributed by atoms with Gasteiger partial charge in [-0.15, -0.1) is 0 Å². The van der Waals surface area contributed by atoms with E-state index in [0.29, 0.717) is 28.7 Å². The highest BCUT2D eigenvalue weighted by atomic mass is 32.2. The largest absolute Gasteiger partial charge is 0.733 e. The fraction of sp³-hybridized carbons (Fsp3) is 0.105. The van der Waals surface area contributed by atoms with Crippen LogP contribution in [-0.2, 0) is 12.3 Å². The molecule has 0 amide bonds. The number of hydrogen-bond acceptors (Lipinski definition) is 10. The molecule has 0 saturated carbocycles. The van der Waals surface area contributed by atoms with Gasteiger partial charge in [-0.25, -0.2) is 9.97 Å². The molecule has 0 aromatic heterocycles. The van der Waals surface area contributed by atoms with Crippen molar-refractivity contribution < 1.29 is 10.4 Å². The average Bonchev–Trinajstić information content (AvgIpc) is 3.21. The minimum Gasteiger partial charge on any atom is -0.733 e. The van der Waals surface area contributed by atoms with E-state index in [4.69, 9.17) is 10.4 Å². The van der Waals surface area contributed by atoms with Crippen molar-refractivity contribution in [3.05, 3.63) is 82.6 Å². The SMILES string of the molecule is [O-]N(O)c1ccc(CSc2nn(Cc3ccc(N([O-])O)cc3)cc3ncnc2-3)cc1. The minimum atomic E-state index is -0.183. The van der Waals surface area contributed by atoms with Crippen LogP contribution in [0.4, 0.5) is 11.4 Å². The fourth-order valence-electron chi connectivity index (χ4n) is 2.83. The van der Waals surface area contributed by atoms with E-state index in [9.17, 15) is 10.4 Å². The Hall–Kier alpha value is -3.22. The molecule has 2 aliphatic rings. The Labute approximate surface area is 175 Å². The van der Waals surface area contributed by atoms with E-state index in [2.05, 4.69) is 15.1 Å². The molecule has 4 rings (SSSR count). The molecule has 0 spiro atoms. The van der Waals surface area contributed by atoms with Crippen molar-refractivity contribution in [3.8, 4) is 11.4 Å². The number of hydrogen-bond donors (Lipinski definition) is 2. The lowest BCUT2D eigenvalue weighted by atomic mass is 10.2. The predicted octanol–water partition coefficient (Wildman–Crippen LogP) is 3.51. The van der Waals surface area contributed by atoms with Gasteiger partial charge >= 0.3 is 0 Å². The van der Waals surface area contributed by atoms with E-state index < -0.39 is 0 Å². The second kappa shape index (κ2) is 8.65. The molecule has 0 radical (unpaired) electrons. The highest BCUT2D eigenvalue weighted by Gasteiger charge is 2.16. The summed E-state index contributed by atoms with van der Waals surface area (Å²) in [4.78, 5) is 8.56. The summed E-state index contributed by atoms with van der Waals surface area (Å²) >= 11 is 1.48. The number of thioether (sulfide) groups is 1. The molecule has 0 bridgehead atoms. The molecule has 11 heteroatoms. The molecule has 0 unspecified atom stereocenters. The van der Waals surface area contributed by atoms with Gasteiger partial charge in [-0.1, -0.05) is 36.0 Å². The summed E-state index contributed by atoms with van der Waals surface area (Å²) in [5.74, 6) is 0.591. The molecule has 2 N–H and O–H groups in total. The lowest BCUT2D eigenvalue weighted by molar-refractivity contribution is 0.296. The zero-order chi connectivity index (χ0) is 21.1. The Bertz CT molecular complexity index is 1090. The van der Waals surface area contributed by atoms with Gasteiger partial charge in [0.25, 0.3) is 0 Å². The molecular weight excluding hydrogens is 408 g/mol. The number of imidazole rings is 1. The molecule has 0 saturated heterocycles. The third-order valence-electron chi connectivity index (χ3n) is 4.35. The summed E-state index contributed by atoms with van der Waals surface area (Å²) in [5, 5.41) is 44.7. The number of nitrogens with zero attached hydrogens (tertiary/aromatic N) is 6. The van der Waals surface area contributed by atoms with Crippen LogP contribution < -0.4 is 10.5 Å². The Kier molecular flexibility index (Phi) is 5.79. The summed E-state index contributed by atoms with van der Waals surface area (Å²) < 4.78 is 1.74. The molecule has 0 aliphatic carbocycles. The van der Waals surface area contributed by atoms with Crippen LogP contribution in [0.5, 0.6) is 0 Å². The molecule has 2 aliphatic heterocycles. The van der Waals surface area contributed by atoms with E-state index in [0.717, 1.165) is 11.1 Å². The maximum absolute atomic E-state index is 10.9. The fourth-order valence-corrected chi connectivity index (χ4v) is 3.79. The van der Waals surface area contributed by atoms with Crippen LogP contribution >= 0.6 is 11.8 Å². The predicted molar refractivity (Wildman–Crippen MR) is 111 cm³/mol. The number of aromatic nitrogens is 4. The summed E-state index contributed by atoms with van der Waals surface area (Å²) in [6.45, 7) is 0.450. The van der Waals surface area contributed by atoms with E-state index in [1.54, 1.807) is 47.3 Å². The molecule has 10 nitrogen and oxygen atoms in total. The molecule has 2 heterocycles. The zero-order valence-electron chi connectivity index (χ0n) is 15.5. The van der Waals surface area contributed by atoms with Gasteiger partial charge in [0.1, 0.15) is 22.7 Å². The van der Waals surface area contributed by atoms with Crippen LogP contribution in [0.3, 0.4) is 0 Å². The third kappa shape index (κ3) is 4.50. The molecule has 30 heavy (non-hydrogen) atoms. The number of rotatable bonds is 7. The van der Waals surface area contributed by atoms with E-state index in [1.807, 2.05) is 0 Å². The van der Waals surface area contributed by atoms with Crippen molar-refractivity contribution in [2.45, 2.75) is 17.3 Å². The molecule has 154 valence electrons. The summed E-state index contributed by atoms with van der Waals surface area (Å²) in [5.41, 5.74) is 3.58. The van der Waals surface area contributed by atoms with Gasteiger partial charge in [0.2, 0.25) is 0 Å². The lowest BCUT2D eigenvalue weighted by Crippen LogP contribution is -2.09. The van der Waals surface area contributed by atoms with Gasteiger partial charge in [-0.05, 0) is 35.4 Å². The van der Waals surface area contributed by atoms with Crippen molar-refractivity contribution in [1.29, 1.82) is 0 Å². The zero-order valence-corrected chi connectivity index (χ0v) is 16.3. The van der Waals surface area contributed by atoms with Crippen molar-refractivity contribution in [2.75, 3.05) is 10.5 Å². The number of fused-ring (bicyclic) bond motifs is 1. The molecular formula is C19H16N6O4S-2. The minimum absolute atomic E-state index is 0.151. The Balaban J connectivity index is 1.52. The van der Waals surface area contributed by atoms with Crippen molar-refractivity contribution >= 4 is 23.1 Å². The van der Waals surface area contributed by atoms with Crippen molar-refractivity contribution in [3.63, 3.8) is 0 Å². The molecule has 0 fully saturated rings. The summed E-state index contributed by atoms with van der Waals surface area (Å²) in [6, 6.07) is 13.1. The number of benzene rings is 2. The third-order valence-corrected chi connectivity index (χ3v) is 5.38. The van der Waals surface area contributed by atoms with Crippen LogP contribution in [0, 0.1) is 10.4 Å². The molecule has 2 aromatic carbocycles. The van der Waals surface area contributed by atoms with Crippen molar-refractivity contribution in [2.24, 2.45) is 0 Å². The van der Waals surface area contributed by atoms with Crippen LogP contribution in [0.2, 0.25) is 0 Å². The van der Waals surface area contributed by atoms with E-state index >= 15 is 0 Å². The van der Waals surface area contributed by atoms with E-state index in [-0.39, 0.29) is 21.8 Å². The normalized spacial score (nSPS) is 11.1. The maximum Gasteiger partial charge on any atom is 0.145 e. The standard InChI is InChI=1S/C19H16N6O4S/c26-24(27)15-5-1-13(2-6-15)9-23-10-17-18(21-12-20-17)19(22-23)30-11-14-3-7-16(8-4-14)25(28)29/h1-8,10,12,26,28H,9,11H2/q-2. The Morgan fingerprint density at radius 2 is 1.47 bits per heavy atom. The average molecular weight is 424 g/mol. The van der Waals surface area contributed by atoms with E-state index in [1.165, 1.54) is 30.2 Å². The van der Waals surface area contributed by atoms with Crippen molar-refractivity contribution in [1.82, 2.24) is 19.7 Å². The first-order chi connectivity index (χ1) is 14.5. The topological polar surface area (TPSA) is 137 Å². The second-order valence-electron chi connectivity index (χ2n) is 6.41. The van der Waals surface area contributed by atoms with Gasteiger partial charge in [0.05, 0.1) is 24.1 Å². The first kappa shape index (κ1) is 20.1. The highest BCUT2D eigenvalue weighted by molar-refractivity contribution is 7.98. The molecule has 2 aromatic rings. The first-order valence-corrected chi connectivity index (χ1v) is 9.79. The van der Waals surface area contributed by atoms with Gasteiger partial charge in [0, 0.05) is 5.75 Å². The Morgan fingerprint density at radius 1 is 0.867 bits per heavy atom. The second-order valence-corrected chi connectivity index (χ2v) is 7.37. The van der Waals surface area contributed by atoms with Gasteiger partial charge in [0.15, 0.2) is 0 Å². The summed E-state index contributed by atoms with van der Waals surface area (Å²) in [7, 11) is 0. The van der Waals surface area contributed by atoms with Crippen LogP contribution in [0.25, 0.3) is 11.4 Å². The van der Waals surface area contributed by atoms with Crippen LogP contribution in [0.15, 0.2) is 66.1 Å². The lowest BCUT2D eigenvalue weighted by Gasteiger charge is -2.21. The number of anilines is 2. The van der Waals surface area contributed by atoms with Crippen LogP contribution in [0.1, 0.15) is 11.1 Å². The smallest absolute Gasteiger partial charge is 0.145 e. The monoisotopic (exact) mass is 424 g/mol.